The van der Waals surface area contributed by atoms with Crippen LogP contribution < -0.4 is 9.46 Å². The van der Waals surface area contributed by atoms with Crippen LogP contribution >= 0.6 is 23.5 Å². The molecule has 0 saturated carbocycles. The molecule has 0 radical (unpaired) electrons. The van der Waals surface area contributed by atoms with Crippen LogP contribution in [-0.2, 0) is 11.5 Å². The van der Waals surface area contributed by atoms with Crippen LogP contribution in [0.1, 0.15) is 11.1 Å². The minimum Gasteiger partial charge on any atom is -0.284 e. The van der Waals surface area contributed by atoms with Gasteiger partial charge in [0, 0.05) is 45.2 Å². The lowest BCUT2D eigenvalue weighted by Crippen LogP contribution is -2.31. The van der Waals surface area contributed by atoms with Crippen LogP contribution in [0.25, 0.3) is 0 Å². The lowest BCUT2D eigenvalue weighted by molar-refractivity contribution is -0.932. The van der Waals surface area contributed by atoms with Gasteiger partial charge in [0.1, 0.15) is 0 Å². The molecule has 2 heterocycles. The molecule has 0 atom stereocenters. The van der Waals surface area contributed by atoms with Crippen LogP contribution in [0, 0.1) is 0 Å². The maximum Gasteiger partial charge on any atom is 0.291 e. The number of hydrogen-bond acceptors (Lipinski definition) is 4. The van der Waals surface area contributed by atoms with Crippen molar-refractivity contribution in [2.45, 2.75) is 21.6 Å². The van der Waals surface area contributed by atoms with Crippen LogP contribution in [0.2, 0.25) is 0 Å². The van der Waals surface area contributed by atoms with E-state index in [9.17, 15) is 10.4 Å². The van der Waals surface area contributed by atoms with E-state index in [0.717, 1.165) is 31.0 Å². The average molecular weight is 358 g/mol. The number of thioether (sulfide) groups is 2. The van der Waals surface area contributed by atoms with Gasteiger partial charge in [-0.25, -0.2) is 0 Å². The third-order valence-corrected chi connectivity index (χ3v) is 5.60. The Morgan fingerprint density at radius 1 is 0.625 bits per heavy atom. The number of rotatable bonds is 6. The molecule has 2 aromatic heterocycles. The van der Waals surface area contributed by atoms with Gasteiger partial charge in [0.15, 0.2) is 0 Å². The Labute approximate surface area is 149 Å². The average Bonchev–Trinajstić information content (AvgIpc) is 2.61. The van der Waals surface area contributed by atoms with E-state index in [1.807, 2.05) is 24.3 Å². The first-order valence-electron chi connectivity index (χ1n) is 7.46. The molecular weight excluding hydrogens is 340 g/mol. The quantitative estimate of drug-likeness (QED) is 0.403. The van der Waals surface area contributed by atoms with Crippen LogP contribution in [0.5, 0.6) is 0 Å². The Kier molecular flexibility index (Phi) is 5.61. The number of hydrogen-bond donors (Lipinski definition) is 2. The molecule has 2 N–H and O–H groups in total. The number of aromatic nitrogens is 2. The van der Waals surface area contributed by atoms with Gasteiger partial charge in [-0.1, -0.05) is 24.3 Å². The molecule has 0 aliphatic rings. The highest BCUT2D eigenvalue weighted by Crippen LogP contribution is 2.22. The summed E-state index contributed by atoms with van der Waals surface area (Å²) >= 11 is 3.18. The number of nitrogens with zero attached hydrogens (tertiary/aromatic N) is 2. The Morgan fingerprint density at radius 3 is 1.42 bits per heavy atom. The molecule has 0 aliphatic carbocycles. The van der Waals surface area contributed by atoms with E-state index in [2.05, 4.69) is 24.3 Å². The van der Waals surface area contributed by atoms with Gasteiger partial charge in [-0.3, -0.25) is 10.4 Å². The first kappa shape index (κ1) is 16.7. The van der Waals surface area contributed by atoms with E-state index in [0.29, 0.717) is 0 Å². The number of pyridine rings is 2. The van der Waals surface area contributed by atoms with Crippen LogP contribution in [-0.4, -0.2) is 10.4 Å². The van der Waals surface area contributed by atoms with E-state index in [1.54, 1.807) is 48.1 Å². The van der Waals surface area contributed by atoms with Gasteiger partial charge in [0.2, 0.25) is 12.4 Å². The standard InChI is InChI=1S/C18H18N2O2S2/c21-19-11-3-1-5-17(19)23-13-15-7-9-16(10-8-15)14-24-18-6-2-4-12-20(18)22/h1-12,21-22H,13-14H2/q+2. The maximum absolute atomic E-state index is 9.70. The molecule has 0 aliphatic heterocycles. The predicted molar refractivity (Wildman–Crippen MR) is 93.2 cm³/mol. The Balaban J connectivity index is 1.55. The van der Waals surface area contributed by atoms with E-state index in [1.165, 1.54) is 11.1 Å². The van der Waals surface area contributed by atoms with Crippen molar-refractivity contribution in [3.63, 3.8) is 0 Å². The Hall–Kier alpha value is -2.18. The third kappa shape index (κ3) is 4.43. The lowest BCUT2D eigenvalue weighted by atomic mass is 10.2. The summed E-state index contributed by atoms with van der Waals surface area (Å²) in [5.74, 6) is 1.60. The molecule has 1 aromatic carbocycles. The largest absolute Gasteiger partial charge is 0.291 e. The first-order chi connectivity index (χ1) is 11.7. The molecule has 24 heavy (non-hydrogen) atoms. The van der Waals surface area contributed by atoms with Gasteiger partial charge in [0.25, 0.3) is 10.1 Å². The van der Waals surface area contributed by atoms with Gasteiger partial charge in [-0.2, -0.15) is 0 Å². The second kappa shape index (κ2) is 8.08. The fourth-order valence-electron chi connectivity index (χ4n) is 2.11. The molecule has 0 fully saturated rings. The molecule has 0 amide bonds. The van der Waals surface area contributed by atoms with E-state index in [-0.39, 0.29) is 0 Å². The van der Waals surface area contributed by atoms with Gasteiger partial charge >= 0.3 is 0 Å². The van der Waals surface area contributed by atoms with Crippen molar-refractivity contribution >= 4 is 23.5 Å². The summed E-state index contributed by atoms with van der Waals surface area (Å²) in [6.45, 7) is 0. The van der Waals surface area contributed by atoms with Gasteiger partial charge in [0.05, 0.1) is 0 Å². The van der Waals surface area contributed by atoms with Gasteiger partial charge in [-0.15, -0.1) is 0 Å². The van der Waals surface area contributed by atoms with E-state index >= 15 is 0 Å². The zero-order chi connectivity index (χ0) is 16.8. The molecule has 122 valence electrons. The van der Waals surface area contributed by atoms with Crippen molar-refractivity contribution < 1.29 is 19.9 Å². The minimum atomic E-state index is 0.799. The summed E-state index contributed by atoms with van der Waals surface area (Å²) < 4.78 is 2.28. The third-order valence-electron chi connectivity index (χ3n) is 3.40. The summed E-state index contributed by atoms with van der Waals surface area (Å²) in [6.07, 6.45) is 3.25. The molecule has 3 aromatic rings. The molecule has 6 heteroatoms. The van der Waals surface area contributed by atoms with Crippen molar-refractivity contribution in [1.82, 2.24) is 0 Å². The topological polar surface area (TPSA) is 48.2 Å². The lowest BCUT2D eigenvalue weighted by Gasteiger charge is -2.02. The summed E-state index contributed by atoms with van der Waals surface area (Å²) in [5, 5.41) is 21.0. The van der Waals surface area contributed by atoms with Crippen molar-refractivity contribution in [3.05, 3.63) is 84.2 Å². The zero-order valence-corrected chi connectivity index (χ0v) is 14.6. The van der Waals surface area contributed by atoms with Crippen LogP contribution in [0.4, 0.5) is 0 Å². The minimum absolute atomic E-state index is 0.799. The highest BCUT2D eigenvalue weighted by Gasteiger charge is 2.10. The van der Waals surface area contributed by atoms with Gasteiger partial charge < -0.3 is 0 Å². The summed E-state index contributed by atoms with van der Waals surface area (Å²) in [6, 6.07) is 19.6. The highest BCUT2D eigenvalue weighted by atomic mass is 32.2. The number of benzene rings is 1. The highest BCUT2D eigenvalue weighted by molar-refractivity contribution is 7.98. The van der Waals surface area contributed by atoms with Crippen LogP contribution in [0.15, 0.2) is 83.1 Å². The van der Waals surface area contributed by atoms with E-state index in [4.69, 9.17) is 0 Å². The Morgan fingerprint density at radius 2 is 1.04 bits per heavy atom. The monoisotopic (exact) mass is 358 g/mol. The van der Waals surface area contributed by atoms with Crippen molar-refractivity contribution in [3.8, 4) is 0 Å². The SMILES string of the molecule is O[n+]1ccccc1SCc1ccc(CSc2cccc[n+]2O)cc1. The normalized spacial score (nSPS) is 10.7. The predicted octanol–water partition coefficient (Wildman–Crippen LogP) is 3.32. The Bertz CT molecular complexity index is 742. The van der Waals surface area contributed by atoms with Crippen molar-refractivity contribution in [2.24, 2.45) is 0 Å². The second-order valence-corrected chi connectivity index (χ2v) is 7.15. The molecule has 4 nitrogen and oxygen atoms in total. The fourth-order valence-corrected chi connectivity index (χ4v) is 3.86. The maximum atomic E-state index is 9.70. The summed E-state index contributed by atoms with van der Waals surface area (Å²) in [4.78, 5) is 0. The zero-order valence-electron chi connectivity index (χ0n) is 12.9. The van der Waals surface area contributed by atoms with Gasteiger partial charge in [-0.05, 0) is 46.8 Å². The molecular formula is C18H18N2O2S2+2. The van der Waals surface area contributed by atoms with E-state index < -0.39 is 0 Å². The molecule has 0 unspecified atom stereocenters. The van der Waals surface area contributed by atoms with Crippen LogP contribution in [0.3, 0.4) is 0 Å². The molecule has 0 saturated heterocycles. The van der Waals surface area contributed by atoms with Crippen molar-refractivity contribution in [2.75, 3.05) is 0 Å². The molecule has 0 bridgehead atoms. The van der Waals surface area contributed by atoms with Crippen molar-refractivity contribution in [1.29, 1.82) is 0 Å². The summed E-state index contributed by atoms with van der Waals surface area (Å²) in [5.41, 5.74) is 2.41. The molecule has 3 rings (SSSR count). The summed E-state index contributed by atoms with van der Waals surface area (Å²) in [7, 11) is 0. The fraction of sp³-hybridized carbons (Fsp3) is 0.111. The first-order valence-corrected chi connectivity index (χ1v) is 9.43. The molecule has 0 spiro atoms. The smallest absolute Gasteiger partial charge is 0.284 e. The second-order valence-electron chi connectivity index (χ2n) is 5.16.